The van der Waals surface area contributed by atoms with Gasteiger partial charge in [-0.05, 0) is 18.1 Å². The Labute approximate surface area is 102 Å². The van der Waals surface area contributed by atoms with Crippen LogP contribution in [-0.2, 0) is 4.43 Å². The molecule has 0 saturated heterocycles. The zero-order valence-electron chi connectivity index (χ0n) is 11.9. The molecule has 0 aromatic heterocycles. The Balaban J connectivity index is 4.88. The lowest BCUT2D eigenvalue weighted by Crippen LogP contribution is -2.48. The van der Waals surface area contributed by atoms with Crippen molar-refractivity contribution in [1.82, 2.24) is 0 Å². The highest BCUT2D eigenvalue weighted by atomic mass is 28.4. The maximum absolute atomic E-state index is 9.38. The first kappa shape index (κ1) is 15.9. The summed E-state index contributed by atoms with van der Waals surface area (Å²) in [5, 5.41) is 9.56. The first-order chi connectivity index (χ1) is 6.98. The van der Waals surface area contributed by atoms with E-state index < -0.39 is 8.32 Å². The maximum Gasteiger partial charge on any atom is 0.192 e. The zero-order valence-corrected chi connectivity index (χ0v) is 12.9. The Kier molecular flexibility index (Phi) is 4.99. The van der Waals surface area contributed by atoms with E-state index in [1.54, 1.807) is 0 Å². The number of hydrogen-bond donors (Lipinski definition) is 1. The van der Waals surface area contributed by atoms with Crippen molar-refractivity contribution in [2.75, 3.05) is 6.61 Å². The molecule has 0 bridgehead atoms. The second-order valence-electron chi connectivity index (χ2n) is 6.68. The minimum atomic E-state index is -1.80. The van der Waals surface area contributed by atoms with Gasteiger partial charge in [-0.3, -0.25) is 0 Å². The van der Waals surface area contributed by atoms with Crippen LogP contribution in [-0.4, -0.2) is 26.1 Å². The third kappa shape index (κ3) is 3.72. The number of aliphatic hydroxyl groups excluding tert-OH is 1. The molecule has 0 amide bonds. The van der Waals surface area contributed by atoms with Gasteiger partial charge in [0.25, 0.3) is 0 Å². The molecule has 16 heavy (non-hydrogen) atoms. The second-order valence-corrected chi connectivity index (χ2v) is 11.4. The minimum Gasteiger partial charge on any atom is -0.410 e. The van der Waals surface area contributed by atoms with Gasteiger partial charge in [-0.1, -0.05) is 40.7 Å². The molecule has 96 valence electrons. The summed E-state index contributed by atoms with van der Waals surface area (Å²) >= 11 is 0. The Morgan fingerprint density at radius 2 is 1.69 bits per heavy atom. The Hall–Kier alpha value is -0.123. The summed E-state index contributed by atoms with van der Waals surface area (Å²) in [6.45, 7) is 19.0. The molecule has 0 fully saturated rings. The monoisotopic (exact) mass is 244 g/mol. The van der Waals surface area contributed by atoms with Gasteiger partial charge in [0.1, 0.15) is 0 Å². The minimum absolute atomic E-state index is 0.0848. The number of aliphatic hydroxyl groups is 1. The molecule has 0 aromatic carbocycles. The van der Waals surface area contributed by atoms with Gasteiger partial charge in [-0.15, -0.1) is 6.58 Å². The molecule has 0 heterocycles. The standard InChI is InChI=1S/C13H28O2Si/c1-9-11(13(5,6)10-14)15-16(7,8)12(2,3)4/h9,11,14H,1,10H2,2-8H3/t11-/m0/s1. The molecule has 0 aliphatic heterocycles. The van der Waals surface area contributed by atoms with Crippen molar-refractivity contribution < 1.29 is 9.53 Å². The maximum atomic E-state index is 9.38. The van der Waals surface area contributed by atoms with Crippen LogP contribution < -0.4 is 0 Å². The van der Waals surface area contributed by atoms with Gasteiger partial charge in [0.2, 0.25) is 0 Å². The van der Waals surface area contributed by atoms with Crippen LogP contribution in [0.1, 0.15) is 34.6 Å². The highest BCUT2D eigenvalue weighted by Crippen LogP contribution is 2.39. The van der Waals surface area contributed by atoms with Crippen LogP contribution in [0.2, 0.25) is 18.1 Å². The summed E-state index contributed by atoms with van der Waals surface area (Å²) in [7, 11) is -1.80. The average molecular weight is 244 g/mol. The van der Waals surface area contributed by atoms with Crippen LogP contribution in [0.15, 0.2) is 12.7 Å². The van der Waals surface area contributed by atoms with Crippen molar-refractivity contribution in [3.05, 3.63) is 12.7 Å². The van der Waals surface area contributed by atoms with Gasteiger partial charge in [0.05, 0.1) is 12.7 Å². The third-order valence-corrected chi connectivity index (χ3v) is 8.08. The molecule has 0 unspecified atom stereocenters. The highest BCUT2D eigenvalue weighted by Gasteiger charge is 2.41. The van der Waals surface area contributed by atoms with E-state index >= 15 is 0 Å². The lowest BCUT2D eigenvalue weighted by molar-refractivity contribution is 0.0454. The molecule has 0 radical (unpaired) electrons. The molecule has 0 aliphatic rings. The van der Waals surface area contributed by atoms with Crippen molar-refractivity contribution >= 4 is 8.32 Å². The van der Waals surface area contributed by atoms with Crippen molar-refractivity contribution in [2.24, 2.45) is 5.41 Å². The van der Waals surface area contributed by atoms with Crippen molar-refractivity contribution in [2.45, 2.75) is 58.9 Å². The summed E-state index contributed by atoms with van der Waals surface area (Å²) in [5.74, 6) is 0. The van der Waals surface area contributed by atoms with Gasteiger partial charge in [0.15, 0.2) is 8.32 Å². The summed E-state index contributed by atoms with van der Waals surface area (Å²) in [6, 6.07) is 0. The summed E-state index contributed by atoms with van der Waals surface area (Å²) < 4.78 is 6.27. The van der Waals surface area contributed by atoms with Crippen LogP contribution in [0.25, 0.3) is 0 Å². The first-order valence-corrected chi connectivity index (χ1v) is 8.80. The SMILES string of the molecule is C=C[C@H](O[Si](C)(C)C(C)(C)C)C(C)(C)CO. The lowest BCUT2D eigenvalue weighted by atomic mass is 9.88. The van der Waals surface area contributed by atoms with E-state index in [2.05, 4.69) is 40.4 Å². The summed E-state index contributed by atoms with van der Waals surface area (Å²) in [4.78, 5) is 0. The van der Waals surface area contributed by atoms with E-state index in [0.717, 1.165) is 0 Å². The molecule has 0 spiro atoms. The van der Waals surface area contributed by atoms with Crippen molar-refractivity contribution in [1.29, 1.82) is 0 Å². The summed E-state index contributed by atoms with van der Waals surface area (Å²) in [5.41, 5.74) is -0.267. The van der Waals surface area contributed by atoms with E-state index in [-0.39, 0.29) is 23.2 Å². The molecule has 0 rings (SSSR count). The quantitative estimate of drug-likeness (QED) is 0.591. The average Bonchev–Trinajstić information content (AvgIpc) is 2.12. The van der Waals surface area contributed by atoms with Crippen LogP contribution >= 0.6 is 0 Å². The molecule has 0 aliphatic carbocycles. The smallest absolute Gasteiger partial charge is 0.192 e. The van der Waals surface area contributed by atoms with E-state index in [1.165, 1.54) is 0 Å². The van der Waals surface area contributed by atoms with Gasteiger partial charge < -0.3 is 9.53 Å². The van der Waals surface area contributed by atoms with Crippen LogP contribution in [0.4, 0.5) is 0 Å². The number of rotatable bonds is 5. The van der Waals surface area contributed by atoms with E-state index in [1.807, 2.05) is 19.9 Å². The van der Waals surface area contributed by atoms with Crippen LogP contribution in [0.3, 0.4) is 0 Å². The third-order valence-electron chi connectivity index (χ3n) is 3.62. The molecular formula is C13H28O2Si. The molecule has 0 aromatic rings. The molecular weight excluding hydrogens is 216 g/mol. The zero-order chi connectivity index (χ0) is 13.2. The predicted octanol–water partition coefficient (Wildman–Crippen LogP) is 3.58. The molecule has 0 saturated carbocycles. The topological polar surface area (TPSA) is 29.5 Å². The van der Waals surface area contributed by atoms with Gasteiger partial charge in [-0.25, -0.2) is 0 Å². The van der Waals surface area contributed by atoms with Gasteiger partial charge >= 0.3 is 0 Å². The van der Waals surface area contributed by atoms with E-state index in [9.17, 15) is 5.11 Å². The van der Waals surface area contributed by atoms with Crippen molar-refractivity contribution in [3.63, 3.8) is 0 Å². The summed E-state index contributed by atoms with van der Waals surface area (Å²) in [6.07, 6.45) is 1.73. The molecule has 1 N–H and O–H groups in total. The van der Waals surface area contributed by atoms with E-state index in [0.29, 0.717) is 0 Å². The fourth-order valence-electron chi connectivity index (χ4n) is 1.11. The highest BCUT2D eigenvalue weighted by molar-refractivity contribution is 6.74. The largest absolute Gasteiger partial charge is 0.410 e. The normalized spacial score (nSPS) is 16.0. The van der Waals surface area contributed by atoms with Gasteiger partial charge in [0, 0.05) is 5.41 Å². The number of hydrogen-bond acceptors (Lipinski definition) is 2. The fraction of sp³-hybridized carbons (Fsp3) is 0.846. The van der Waals surface area contributed by atoms with Gasteiger partial charge in [-0.2, -0.15) is 0 Å². The second kappa shape index (κ2) is 5.03. The molecule has 1 atom stereocenters. The van der Waals surface area contributed by atoms with E-state index in [4.69, 9.17) is 4.43 Å². The Morgan fingerprint density at radius 3 is 1.94 bits per heavy atom. The van der Waals surface area contributed by atoms with Crippen LogP contribution in [0, 0.1) is 5.41 Å². The molecule has 3 heteroatoms. The predicted molar refractivity (Wildman–Crippen MR) is 73.1 cm³/mol. The van der Waals surface area contributed by atoms with Crippen LogP contribution in [0.5, 0.6) is 0 Å². The van der Waals surface area contributed by atoms with Crippen molar-refractivity contribution in [3.8, 4) is 0 Å². The fourth-order valence-corrected chi connectivity index (χ4v) is 2.51. The lowest BCUT2D eigenvalue weighted by Gasteiger charge is -2.42. The Bertz CT molecular complexity index is 239. The first-order valence-electron chi connectivity index (χ1n) is 5.89. The molecule has 2 nitrogen and oxygen atoms in total. The Morgan fingerprint density at radius 1 is 1.25 bits per heavy atom.